The number of hydrogen-bond acceptors (Lipinski definition) is 4. The number of rotatable bonds is 6. The van der Waals surface area contributed by atoms with Crippen LogP contribution >= 0.6 is 0 Å². The average molecular weight is 380 g/mol. The summed E-state index contributed by atoms with van der Waals surface area (Å²) in [6.07, 6.45) is 4.49. The van der Waals surface area contributed by atoms with Crippen LogP contribution in [-0.4, -0.2) is 56.1 Å². The highest BCUT2D eigenvalue weighted by molar-refractivity contribution is 5.91. The van der Waals surface area contributed by atoms with Crippen molar-refractivity contribution in [3.8, 4) is 11.5 Å². The molecule has 0 N–H and O–H groups in total. The average Bonchev–Trinajstić information content (AvgIpc) is 2.98. The molecule has 0 aliphatic carbocycles. The van der Waals surface area contributed by atoms with E-state index in [1.54, 1.807) is 20.3 Å². The van der Waals surface area contributed by atoms with Crippen LogP contribution in [0.3, 0.4) is 0 Å². The molecule has 3 rings (SSSR count). The molecule has 0 radical (unpaired) electrons. The van der Waals surface area contributed by atoms with E-state index in [2.05, 4.69) is 17.0 Å². The highest BCUT2D eigenvalue weighted by Crippen LogP contribution is 2.16. The Bertz CT molecular complexity index is 802. The molecule has 0 atom stereocenters. The minimum absolute atomic E-state index is 0.0640. The van der Waals surface area contributed by atoms with E-state index in [4.69, 9.17) is 9.47 Å². The number of amides is 1. The number of carbonyl (C=O) groups is 1. The van der Waals surface area contributed by atoms with E-state index < -0.39 is 0 Å². The van der Waals surface area contributed by atoms with Gasteiger partial charge in [-0.25, -0.2) is 0 Å². The molecule has 0 saturated carbocycles. The summed E-state index contributed by atoms with van der Waals surface area (Å²) in [5, 5.41) is 0. The monoisotopic (exact) mass is 380 g/mol. The standard InChI is InChI=1S/C23H28N2O3/c1-27-21-10-7-20(8-11-21)18-24-13-4-14-25(16-15-24)23(26)12-9-19-5-3-6-22(17-19)28-2/h3,5-12,17H,4,13-16,18H2,1-2H3/b12-9+. The predicted octanol–water partition coefficient (Wildman–Crippen LogP) is 3.45. The lowest BCUT2D eigenvalue weighted by atomic mass is 10.2. The van der Waals surface area contributed by atoms with E-state index >= 15 is 0 Å². The van der Waals surface area contributed by atoms with E-state index in [9.17, 15) is 4.79 Å². The first kappa shape index (κ1) is 20.0. The topological polar surface area (TPSA) is 42.0 Å². The smallest absolute Gasteiger partial charge is 0.246 e. The Kier molecular flexibility index (Phi) is 7.09. The highest BCUT2D eigenvalue weighted by Gasteiger charge is 2.17. The Morgan fingerprint density at radius 2 is 1.75 bits per heavy atom. The van der Waals surface area contributed by atoms with Gasteiger partial charge in [0.25, 0.3) is 0 Å². The molecule has 148 valence electrons. The summed E-state index contributed by atoms with van der Waals surface area (Å²) in [5.74, 6) is 1.73. The molecule has 2 aromatic carbocycles. The highest BCUT2D eigenvalue weighted by atomic mass is 16.5. The van der Waals surface area contributed by atoms with Crippen LogP contribution in [0.15, 0.2) is 54.6 Å². The lowest BCUT2D eigenvalue weighted by Crippen LogP contribution is -2.34. The van der Waals surface area contributed by atoms with Crippen LogP contribution in [0, 0.1) is 0 Å². The zero-order valence-electron chi connectivity index (χ0n) is 16.6. The molecule has 1 amide bonds. The van der Waals surface area contributed by atoms with Crippen LogP contribution < -0.4 is 9.47 Å². The Balaban J connectivity index is 1.53. The van der Waals surface area contributed by atoms with Gasteiger partial charge >= 0.3 is 0 Å². The van der Waals surface area contributed by atoms with Gasteiger partial charge in [-0.05, 0) is 47.9 Å². The summed E-state index contributed by atoms with van der Waals surface area (Å²) in [5.41, 5.74) is 2.22. The lowest BCUT2D eigenvalue weighted by molar-refractivity contribution is -0.125. The van der Waals surface area contributed by atoms with E-state index in [1.165, 1.54) is 5.56 Å². The van der Waals surface area contributed by atoms with Gasteiger partial charge in [0.1, 0.15) is 11.5 Å². The second-order valence-corrected chi connectivity index (χ2v) is 6.91. The van der Waals surface area contributed by atoms with E-state index in [-0.39, 0.29) is 5.91 Å². The van der Waals surface area contributed by atoms with Gasteiger partial charge in [0, 0.05) is 38.8 Å². The Morgan fingerprint density at radius 1 is 0.964 bits per heavy atom. The second kappa shape index (κ2) is 9.95. The maximum Gasteiger partial charge on any atom is 0.246 e. The van der Waals surface area contributed by atoms with Gasteiger partial charge in [-0.15, -0.1) is 0 Å². The number of methoxy groups -OCH3 is 2. The molecule has 1 fully saturated rings. The van der Waals surface area contributed by atoms with Crippen molar-refractivity contribution in [1.29, 1.82) is 0 Å². The molecule has 1 aliphatic rings. The first-order valence-corrected chi connectivity index (χ1v) is 9.64. The van der Waals surface area contributed by atoms with Crippen LogP contribution in [0.25, 0.3) is 6.08 Å². The van der Waals surface area contributed by atoms with Crippen molar-refractivity contribution in [2.24, 2.45) is 0 Å². The summed E-state index contributed by atoms with van der Waals surface area (Å²) in [6, 6.07) is 15.9. The Labute approximate surface area is 167 Å². The largest absolute Gasteiger partial charge is 0.497 e. The Hall–Kier alpha value is -2.79. The molecule has 0 aromatic heterocycles. The van der Waals surface area contributed by atoms with Crippen molar-refractivity contribution in [2.45, 2.75) is 13.0 Å². The molecule has 5 heteroatoms. The van der Waals surface area contributed by atoms with Crippen molar-refractivity contribution < 1.29 is 14.3 Å². The molecule has 1 saturated heterocycles. The van der Waals surface area contributed by atoms with Crippen molar-refractivity contribution in [2.75, 3.05) is 40.4 Å². The van der Waals surface area contributed by atoms with Gasteiger partial charge in [-0.3, -0.25) is 9.69 Å². The molecular weight excluding hydrogens is 352 g/mol. The maximum absolute atomic E-state index is 12.6. The number of ether oxygens (including phenoxy) is 2. The van der Waals surface area contributed by atoms with Crippen LogP contribution in [-0.2, 0) is 11.3 Å². The third-order valence-electron chi connectivity index (χ3n) is 4.98. The minimum Gasteiger partial charge on any atom is -0.497 e. The number of hydrogen-bond donors (Lipinski definition) is 0. The summed E-state index contributed by atoms with van der Waals surface area (Å²) in [4.78, 5) is 16.9. The molecule has 2 aromatic rings. The van der Waals surface area contributed by atoms with E-state index in [0.29, 0.717) is 0 Å². The molecule has 5 nitrogen and oxygen atoms in total. The van der Waals surface area contributed by atoms with Gasteiger partial charge < -0.3 is 14.4 Å². The van der Waals surface area contributed by atoms with Gasteiger partial charge in [0.2, 0.25) is 5.91 Å². The van der Waals surface area contributed by atoms with Crippen LogP contribution in [0.4, 0.5) is 0 Å². The van der Waals surface area contributed by atoms with Crippen molar-refractivity contribution >= 4 is 12.0 Å². The molecule has 1 aliphatic heterocycles. The van der Waals surface area contributed by atoms with Crippen molar-refractivity contribution in [3.05, 3.63) is 65.7 Å². The van der Waals surface area contributed by atoms with E-state index in [1.807, 2.05) is 47.4 Å². The van der Waals surface area contributed by atoms with Crippen LogP contribution in [0.2, 0.25) is 0 Å². The fourth-order valence-electron chi connectivity index (χ4n) is 3.36. The molecular formula is C23H28N2O3. The summed E-state index contributed by atoms with van der Waals surface area (Å²) < 4.78 is 10.4. The number of benzene rings is 2. The van der Waals surface area contributed by atoms with Crippen molar-refractivity contribution in [3.63, 3.8) is 0 Å². The Morgan fingerprint density at radius 3 is 2.50 bits per heavy atom. The number of nitrogens with zero attached hydrogens (tertiary/aromatic N) is 2. The molecule has 0 spiro atoms. The zero-order chi connectivity index (χ0) is 19.8. The molecule has 1 heterocycles. The SMILES string of the molecule is COc1ccc(CN2CCCN(C(=O)/C=C/c3cccc(OC)c3)CC2)cc1. The third-order valence-corrected chi connectivity index (χ3v) is 4.98. The summed E-state index contributed by atoms with van der Waals surface area (Å²) in [6.45, 7) is 4.31. The van der Waals surface area contributed by atoms with Crippen LogP contribution in [0.5, 0.6) is 11.5 Å². The number of carbonyl (C=O) groups excluding carboxylic acids is 1. The van der Waals surface area contributed by atoms with E-state index in [0.717, 1.165) is 56.2 Å². The summed E-state index contributed by atoms with van der Waals surface area (Å²) in [7, 11) is 3.32. The fourth-order valence-corrected chi connectivity index (χ4v) is 3.36. The second-order valence-electron chi connectivity index (χ2n) is 6.91. The van der Waals surface area contributed by atoms with Gasteiger partial charge in [0.15, 0.2) is 0 Å². The molecule has 28 heavy (non-hydrogen) atoms. The van der Waals surface area contributed by atoms with Crippen LogP contribution in [0.1, 0.15) is 17.5 Å². The molecule has 0 bridgehead atoms. The first-order valence-electron chi connectivity index (χ1n) is 9.64. The van der Waals surface area contributed by atoms with Gasteiger partial charge in [-0.2, -0.15) is 0 Å². The first-order chi connectivity index (χ1) is 13.7. The lowest BCUT2D eigenvalue weighted by Gasteiger charge is -2.21. The molecule has 0 unspecified atom stereocenters. The predicted molar refractivity (Wildman–Crippen MR) is 111 cm³/mol. The zero-order valence-corrected chi connectivity index (χ0v) is 16.6. The minimum atomic E-state index is 0.0640. The fraction of sp³-hybridized carbons (Fsp3) is 0.348. The maximum atomic E-state index is 12.6. The van der Waals surface area contributed by atoms with Gasteiger partial charge in [0.05, 0.1) is 14.2 Å². The normalized spacial score (nSPS) is 15.4. The van der Waals surface area contributed by atoms with Crippen molar-refractivity contribution in [1.82, 2.24) is 9.80 Å². The quantitative estimate of drug-likeness (QED) is 0.720. The third kappa shape index (κ3) is 5.60. The summed E-state index contributed by atoms with van der Waals surface area (Å²) >= 11 is 0. The van der Waals surface area contributed by atoms with Gasteiger partial charge in [-0.1, -0.05) is 24.3 Å².